The van der Waals surface area contributed by atoms with Gasteiger partial charge in [0.05, 0.1) is 18.8 Å². The number of aromatic nitrogens is 2. The van der Waals surface area contributed by atoms with Crippen molar-refractivity contribution < 1.29 is 32.6 Å². The smallest absolute Gasteiger partial charge is 0.420 e. The Bertz CT molecular complexity index is 953. The number of ether oxygens (including phenoxy) is 1. The van der Waals surface area contributed by atoms with Crippen LogP contribution in [0.25, 0.3) is 0 Å². The van der Waals surface area contributed by atoms with Crippen LogP contribution in [-0.4, -0.2) is 57.8 Å². The first kappa shape index (κ1) is 23.5. The standard InChI is InChI=1S/C21H23F3N4O4/c1-2-18(30)28(20-17(21(22,23)24)7-9-25-26-20)15-8-10-27(11-15)19(31)13-32-16-5-3-14(12-29)4-6-16/h3-7,9,15,29H,2,8,10-13H2,1H3. The van der Waals surface area contributed by atoms with E-state index in [0.717, 1.165) is 17.2 Å². The third kappa shape index (κ3) is 5.34. The minimum Gasteiger partial charge on any atom is -0.484 e. The Kier molecular flexibility index (Phi) is 7.29. The molecule has 3 rings (SSSR count). The number of aliphatic hydroxyl groups is 1. The summed E-state index contributed by atoms with van der Waals surface area (Å²) in [5.74, 6) is -0.983. The lowest BCUT2D eigenvalue weighted by molar-refractivity contribution is -0.137. The average molecular weight is 452 g/mol. The van der Waals surface area contributed by atoms with E-state index in [1.807, 2.05) is 0 Å². The number of amides is 2. The van der Waals surface area contributed by atoms with Gasteiger partial charge in [-0.15, -0.1) is 5.10 Å². The molecule has 0 bridgehead atoms. The van der Waals surface area contributed by atoms with E-state index in [1.54, 1.807) is 31.2 Å². The van der Waals surface area contributed by atoms with Crippen LogP contribution in [0.4, 0.5) is 19.0 Å². The number of hydrogen-bond donors (Lipinski definition) is 1. The van der Waals surface area contributed by atoms with Crippen LogP contribution in [0.5, 0.6) is 5.75 Å². The number of carbonyl (C=O) groups is 2. The molecule has 0 radical (unpaired) electrons. The summed E-state index contributed by atoms with van der Waals surface area (Å²) in [7, 11) is 0. The quantitative estimate of drug-likeness (QED) is 0.693. The zero-order valence-corrected chi connectivity index (χ0v) is 17.4. The molecule has 0 spiro atoms. The predicted molar refractivity (Wildman–Crippen MR) is 108 cm³/mol. The zero-order valence-electron chi connectivity index (χ0n) is 17.4. The van der Waals surface area contributed by atoms with Crippen molar-refractivity contribution in [3.63, 3.8) is 0 Å². The summed E-state index contributed by atoms with van der Waals surface area (Å²) < 4.78 is 45.9. The number of benzene rings is 1. The molecule has 172 valence electrons. The summed E-state index contributed by atoms with van der Waals surface area (Å²) in [6.07, 6.45) is -3.50. The largest absolute Gasteiger partial charge is 0.484 e. The number of nitrogens with zero attached hydrogens (tertiary/aromatic N) is 4. The predicted octanol–water partition coefficient (Wildman–Crippen LogP) is 2.41. The minimum atomic E-state index is -4.70. The van der Waals surface area contributed by atoms with Gasteiger partial charge < -0.3 is 14.7 Å². The Labute approximate surface area is 182 Å². The molecule has 2 heterocycles. The van der Waals surface area contributed by atoms with E-state index in [4.69, 9.17) is 9.84 Å². The van der Waals surface area contributed by atoms with Crippen LogP contribution in [0, 0.1) is 0 Å². The van der Waals surface area contributed by atoms with Gasteiger partial charge in [0, 0.05) is 19.5 Å². The third-order valence-electron chi connectivity index (χ3n) is 5.16. The highest BCUT2D eigenvalue weighted by Crippen LogP contribution is 2.36. The Morgan fingerprint density at radius 1 is 1.25 bits per heavy atom. The second-order valence-corrected chi connectivity index (χ2v) is 7.26. The van der Waals surface area contributed by atoms with E-state index < -0.39 is 29.5 Å². The van der Waals surface area contributed by atoms with Crippen LogP contribution in [0.15, 0.2) is 36.5 Å². The second-order valence-electron chi connectivity index (χ2n) is 7.26. The molecule has 1 N–H and O–H groups in total. The van der Waals surface area contributed by atoms with Crippen molar-refractivity contribution in [1.82, 2.24) is 15.1 Å². The fourth-order valence-corrected chi connectivity index (χ4v) is 3.50. The highest BCUT2D eigenvalue weighted by molar-refractivity contribution is 5.93. The third-order valence-corrected chi connectivity index (χ3v) is 5.16. The number of halogens is 3. The van der Waals surface area contributed by atoms with Crippen molar-refractivity contribution in [3.05, 3.63) is 47.7 Å². The first-order chi connectivity index (χ1) is 15.2. The lowest BCUT2D eigenvalue weighted by atomic mass is 10.1. The van der Waals surface area contributed by atoms with Crippen LogP contribution in [0.3, 0.4) is 0 Å². The maximum absolute atomic E-state index is 13.5. The molecular weight excluding hydrogens is 429 g/mol. The van der Waals surface area contributed by atoms with Crippen LogP contribution < -0.4 is 9.64 Å². The van der Waals surface area contributed by atoms with Gasteiger partial charge in [0.1, 0.15) is 11.3 Å². The molecule has 1 aromatic carbocycles. The first-order valence-corrected chi connectivity index (χ1v) is 10.1. The molecule has 1 fully saturated rings. The molecular formula is C21H23F3N4O4. The molecule has 11 heteroatoms. The van der Waals surface area contributed by atoms with E-state index in [0.29, 0.717) is 17.7 Å². The van der Waals surface area contributed by atoms with Crippen molar-refractivity contribution in [2.75, 3.05) is 24.6 Å². The topological polar surface area (TPSA) is 95.9 Å². The fourth-order valence-electron chi connectivity index (χ4n) is 3.50. The summed E-state index contributed by atoms with van der Waals surface area (Å²) >= 11 is 0. The van der Waals surface area contributed by atoms with Gasteiger partial charge in [0.15, 0.2) is 12.4 Å². The summed E-state index contributed by atoms with van der Waals surface area (Å²) in [6, 6.07) is 6.71. The Morgan fingerprint density at radius 3 is 2.59 bits per heavy atom. The van der Waals surface area contributed by atoms with Crippen LogP contribution in [0.2, 0.25) is 0 Å². The summed E-state index contributed by atoms with van der Waals surface area (Å²) in [5, 5.41) is 16.2. The van der Waals surface area contributed by atoms with Crippen molar-refractivity contribution >= 4 is 17.6 Å². The molecule has 1 aromatic heterocycles. The Balaban J connectivity index is 1.71. The first-order valence-electron chi connectivity index (χ1n) is 10.1. The number of anilines is 1. The maximum atomic E-state index is 13.5. The number of likely N-dealkylation sites (tertiary alicyclic amines) is 1. The van der Waals surface area contributed by atoms with Gasteiger partial charge in [-0.25, -0.2) is 0 Å². The van der Waals surface area contributed by atoms with Gasteiger partial charge in [-0.1, -0.05) is 19.1 Å². The van der Waals surface area contributed by atoms with Crippen molar-refractivity contribution in [1.29, 1.82) is 0 Å². The molecule has 0 saturated carbocycles. The Hall–Kier alpha value is -3.21. The summed E-state index contributed by atoms with van der Waals surface area (Å²) in [4.78, 5) is 27.6. The Morgan fingerprint density at radius 2 is 1.97 bits per heavy atom. The van der Waals surface area contributed by atoms with Gasteiger partial charge in [-0.3, -0.25) is 14.5 Å². The minimum absolute atomic E-state index is 0.0226. The molecule has 1 saturated heterocycles. The van der Waals surface area contributed by atoms with E-state index in [9.17, 15) is 22.8 Å². The molecule has 1 aliphatic heterocycles. The number of alkyl halides is 3. The monoisotopic (exact) mass is 452 g/mol. The molecule has 1 aliphatic rings. The summed E-state index contributed by atoms with van der Waals surface area (Å²) in [6.45, 7) is 1.51. The number of aliphatic hydroxyl groups excluding tert-OH is 1. The highest BCUT2D eigenvalue weighted by Gasteiger charge is 2.41. The lowest BCUT2D eigenvalue weighted by Gasteiger charge is -2.29. The molecule has 0 aliphatic carbocycles. The van der Waals surface area contributed by atoms with Crippen LogP contribution in [-0.2, 0) is 22.4 Å². The second kappa shape index (κ2) is 9.94. The SMILES string of the molecule is CCC(=O)N(c1nnccc1C(F)(F)F)C1CCN(C(=O)COc2ccc(CO)cc2)C1. The number of carbonyl (C=O) groups excluding carboxylic acids is 2. The highest BCUT2D eigenvalue weighted by atomic mass is 19.4. The molecule has 8 nitrogen and oxygen atoms in total. The van der Waals surface area contributed by atoms with E-state index in [1.165, 1.54) is 4.90 Å². The van der Waals surface area contributed by atoms with E-state index in [-0.39, 0.29) is 38.6 Å². The van der Waals surface area contributed by atoms with Crippen LogP contribution in [0.1, 0.15) is 30.9 Å². The molecule has 1 atom stereocenters. The van der Waals surface area contributed by atoms with Crippen molar-refractivity contribution in [2.24, 2.45) is 0 Å². The number of rotatable bonds is 7. The van der Waals surface area contributed by atoms with Gasteiger partial charge in [-0.05, 0) is 30.2 Å². The van der Waals surface area contributed by atoms with Crippen LogP contribution >= 0.6 is 0 Å². The summed E-state index contributed by atoms with van der Waals surface area (Å²) in [5.41, 5.74) is -0.345. The average Bonchev–Trinajstić information content (AvgIpc) is 3.27. The van der Waals surface area contributed by atoms with Gasteiger partial charge in [-0.2, -0.15) is 18.3 Å². The molecule has 32 heavy (non-hydrogen) atoms. The van der Waals surface area contributed by atoms with Crippen molar-refractivity contribution in [2.45, 2.75) is 38.6 Å². The normalized spacial score (nSPS) is 16.2. The molecule has 2 amide bonds. The van der Waals surface area contributed by atoms with Gasteiger partial charge in [0.2, 0.25) is 5.91 Å². The van der Waals surface area contributed by atoms with Gasteiger partial charge in [0.25, 0.3) is 5.91 Å². The lowest BCUT2D eigenvalue weighted by Crippen LogP contribution is -2.44. The number of hydrogen-bond acceptors (Lipinski definition) is 6. The maximum Gasteiger partial charge on any atom is 0.420 e. The molecule has 2 aromatic rings. The molecule has 1 unspecified atom stereocenters. The fraction of sp³-hybridized carbons (Fsp3) is 0.429. The zero-order chi connectivity index (χ0) is 23.3. The van der Waals surface area contributed by atoms with E-state index in [2.05, 4.69) is 10.2 Å². The van der Waals surface area contributed by atoms with Crippen molar-refractivity contribution in [3.8, 4) is 5.75 Å². The van der Waals surface area contributed by atoms with Gasteiger partial charge >= 0.3 is 6.18 Å². The van der Waals surface area contributed by atoms with E-state index >= 15 is 0 Å².